The number of fused-ring (bicyclic) bond motifs is 1. The van der Waals surface area contributed by atoms with Crippen molar-refractivity contribution in [1.82, 2.24) is 9.55 Å². The maximum atomic E-state index is 12.6. The summed E-state index contributed by atoms with van der Waals surface area (Å²) in [5.41, 5.74) is 2.10. The summed E-state index contributed by atoms with van der Waals surface area (Å²) in [6, 6.07) is 22.5. The Morgan fingerprint density at radius 1 is 1.03 bits per heavy atom. The third-order valence-electron chi connectivity index (χ3n) is 5.44. The summed E-state index contributed by atoms with van der Waals surface area (Å²) >= 11 is 1.15. The lowest BCUT2D eigenvalue weighted by molar-refractivity contribution is -0.113. The summed E-state index contributed by atoms with van der Waals surface area (Å²) in [4.78, 5) is 21.7. The third-order valence-corrected chi connectivity index (χ3v) is 7.30. The van der Waals surface area contributed by atoms with Crippen molar-refractivity contribution < 1.29 is 18.3 Å². The number of anilines is 1. The number of hydrogen-bond acceptors (Lipinski definition) is 7. The molecule has 186 valence electrons. The number of imidazole rings is 1. The van der Waals surface area contributed by atoms with Gasteiger partial charge < -0.3 is 10.4 Å². The van der Waals surface area contributed by atoms with E-state index in [-0.39, 0.29) is 22.4 Å². The molecule has 4 N–H and O–H groups in total. The topological polar surface area (TPSA) is 140 Å². The number of benzene rings is 3. The van der Waals surface area contributed by atoms with Crippen LogP contribution in [-0.4, -0.2) is 34.7 Å². The molecule has 11 heteroatoms. The number of nitrogens with one attached hydrogen (secondary N) is 1. The number of primary sulfonamides is 1. The van der Waals surface area contributed by atoms with Crippen LogP contribution in [0.15, 0.2) is 99.6 Å². The molecule has 3 aromatic carbocycles. The van der Waals surface area contributed by atoms with Crippen LogP contribution < -0.4 is 21.0 Å². The van der Waals surface area contributed by atoms with E-state index in [4.69, 9.17) is 5.14 Å². The van der Waals surface area contributed by atoms with Gasteiger partial charge in [0.25, 0.3) is 0 Å². The third kappa shape index (κ3) is 5.48. The normalized spacial score (nSPS) is 13.6. The van der Waals surface area contributed by atoms with Crippen LogP contribution in [-0.2, 0) is 14.8 Å². The predicted octanol–water partition coefficient (Wildman–Crippen LogP) is 2.41. The van der Waals surface area contributed by atoms with Crippen LogP contribution in [0.3, 0.4) is 0 Å². The van der Waals surface area contributed by atoms with Crippen molar-refractivity contribution in [3.63, 3.8) is 0 Å². The molecule has 0 unspecified atom stereocenters. The van der Waals surface area contributed by atoms with E-state index >= 15 is 0 Å². The van der Waals surface area contributed by atoms with Crippen molar-refractivity contribution in [1.29, 1.82) is 0 Å². The van der Waals surface area contributed by atoms with Gasteiger partial charge in [-0.05, 0) is 54.6 Å². The molecule has 1 aliphatic heterocycles. The number of allylic oxidation sites excluding steroid dienone is 1. The molecule has 2 heterocycles. The van der Waals surface area contributed by atoms with E-state index in [9.17, 15) is 18.3 Å². The molecule has 1 aromatic heterocycles. The fourth-order valence-electron chi connectivity index (χ4n) is 3.72. The first-order valence-electron chi connectivity index (χ1n) is 11.1. The zero-order valence-electron chi connectivity index (χ0n) is 19.3. The number of rotatable bonds is 7. The Hall–Kier alpha value is -4.19. The summed E-state index contributed by atoms with van der Waals surface area (Å²) in [5, 5.41) is 21.1. The smallest absolute Gasteiger partial charge is 0.238 e. The maximum absolute atomic E-state index is 12.6. The van der Waals surface area contributed by atoms with Gasteiger partial charge in [0.2, 0.25) is 21.8 Å². The van der Waals surface area contributed by atoms with E-state index in [1.807, 2.05) is 60.7 Å². The van der Waals surface area contributed by atoms with E-state index in [0.29, 0.717) is 27.9 Å². The van der Waals surface area contributed by atoms with Crippen LogP contribution in [0, 0.1) is 0 Å². The van der Waals surface area contributed by atoms with Crippen molar-refractivity contribution in [2.75, 3.05) is 11.1 Å². The van der Waals surface area contributed by atoms with Crippen molar-refractivity contribution in [2.45, 2.75) is 10.1 Å². The van der Waals surface area contributed by atoms with Crippen molar-refractivity contribution in [3.8, 4) is 11.6 Å². The zero-order chi connectivity index (χ0) is 26.0. The van der Waals surface area contributed by atoms with Crippen LogP contribution in [0.25, 0.3) is 17.8 Å². The molecule has 0 saturated heterocycles. The van der Waals surface area contributed by atoms with Gasteiger partial charge in [0.05, 0.1) is 27.4 Å². The van der Waals surface area contributed by atoms with Gasteiger partial charge in [-0.15, -0.1) is 0 Å². The van der Waals surface area contributed by atoms with Crippen LogP contribution in [0.2, 0.25) is 0 Å². The van der Waals surface area contributed by atoms with E-state index in [1.165, 1.54) is 24.3 Å². The van der Waals surface area contributed by atoms with Crippen molar-refractivity contribution >= 4 is 45.5 Å². The highest BCUT2D eigenvalue weighted by atomic mass is 32.2. The van der Waals surface area contributed by atoms with Crippen molar-refractivity contribution in [3.05, 3.63) is 101 Å². The molecule has 0 spiro atoms. The fourth-order valence-corrected chi connectivity index (χ4v) is 5.05. The number of thioether (sulfide) groups is 1. The summed E-state index contributed by atoms with van der Waals surface area (Å²) in [7, 11) is -3.82. The number of para-hydroxylation sites is 2. The summed E-state index contributed by atoms with van der Waals surface area (Å²) < 4.78 is 24.4. The number of hydrogen-bond donors (Lipinski definition) is 3. The summed E-state index contributed by atoms with van der Waals surface area (Å²) in [5.74, 6) is -0.400. The molecule has 37 heavy (non-hydrogen) atoms. The molecule has 9 nitrogen and oxygen atoms in total. The SMILES string of the molecule is NS(=O)(=O)c1ccc(NC(=O)CSc2nc(/C=C3/C=c4ccccc4=N3)c(O)n2-c2ccccc2)cc1. The quantitative estimate of drug-likeness (QED) is 0.313. The molecule has 0 aliphatic carbocycles. The molecule has 0 fully saturated rings. The molecule has 0 bridgehead atoms. The highest BCUT2D eigenvalue weighted by molar-refractivity contribution is 7.99. The molecule has 0 atom stereocenters. The molecular formula is C26H21N5O4S2. The van der Waals surface area contributed by atoms with E-state index in [1.54, 1.807) is 10.6 Å². The highest BCUT2D eigenvalue weighted by Crippen LogP contribution is 2.32. The second-order valence-corrected chi connectivity index (χ2v) is 10.6. The van der Waals surface area contributed by atoms with Gasteiger partial charge in [0.15, 0.2) is 5.16 Å². The van der Waals surface area contributed by atoms with Gasteiger partial charge in [0, 0.05) is 10.9 Å². The van der Waals surface area contributed by atoms with Gasteiger partial charge in [-0.1, -0.05) is 48.2 Å². The maximum Gasteiger partial charge on any atom is 0.238 e. The van der Waals surface area contributed by atoms with Gasteiger partial charge in [-0.25, -0.2) is 23.5 Å². The summed E-state index contributed by atoms with van der Waals surface area (Å²) in [6.45, 7) is 0. The number of aromatic hydroxyl groups is 1. The first kappa shape index (κ1) is 24.5. The van der Waals surface area contributed by atoms with Gasteiger partial charge in [0.1, 0.15) is 5.69 Å². The molecule has 1 amide bonds. The Kier molecular flexibility index (Phi) is 6.66. The number of nitrogens with two attached hydrogens (primary N) is 1. The van der Waals surface area contributed by atoms with Crippen LogP contribution in [0.5, 0.6) is 5.88 Å². The monoisotopic (exact) mass is 531 g/mol. The number of nitrogens with zero attached hydrogens (tertiary/aromatic N) is 3. The minimum atomic E-state index is -3.82. The first-order valence-corrected chi connectivity index (χ1v) is 13.6. The van der Waals surface area contributed by atoms with Gasteiger partial charge in [-0.3, -0.25) is 9.36 Å². The standard InChI is InChI=1S/C26H21N5O4S2/c27-37(34,35)21-12-10-18(11-13-21)29-24(32)16-36-26-30-23(25(33)31(26)20-7-2-1-3-8-20)15-19-14-17-6-4-5-9-22(17)28-19/h1-15,33H,16H2,(H,29,32)(H2,27,34,35)/b19-15-. The molecule has 0 saturated carbocycles. The number of amides is 1. The van der Waals surface area contributed by atoms with E-state index in [2.05, 4.69) is 15.3 Å². The predicted molar refractivity (Wildman–Crippen MR) is 142 cm³/mol. The van der Waals surface area contributed by atoms with Crippen LogP contribution >= 0.6 is 11.8 Å². The molecule has 0 radical (unpaired) electrons. The minimum absolute atomic E-state index is 0.00181. The van der Waals surface area contributed by atoms with Gasteiger partial charge in [-0.2, -0.15) is 0 Å². The molecule has 1 aliphatic rings. The second-order valence-electron chi connectivity index (χ2n) is 8.06. The summed E-state index contributed by atoms with van der Waals surface area (Å²) in [6.07, 6.45) is 3.61. The number of aromatic nitrogens is 2. The average Bonchev–Trinajstić information content (AvgIpc) is 3.43. The molecule has 5 rings (SSSR count). The number of carbonyl (C=O) groups is 1. The number of sulfonamides is 1. The fraction of sp³-hybridized carbons (Fsp3) is 0.0385. The van der Waals surface area contributed by atoms with Crippen molar-refractivity contribution in [2.24, 2.45) is 10.1 Å². The lowest BCUT2D eigenvalue weighted by Gasteiger charge is -2.09. The molecule has 4 aromatic rings. The lowest BCUT2D eigenvalue weighted by Crippen LogP contribution is -2.19. The first-order chi connectivity index (χ1) is 17.8. The lowest BCUT2D eigenvalue weighted by atomic mass is 10.2. The second kappa shape index (κ2) is 10.1. The Morgan fingerprint density at radius 3 is 2.43 bits per heavy atom. The van der Waals surface area contributed by atoms with Crippen LogP contribution in [0.4, 0.5) is 5.69 Å². The molecular weight excluding hydrogens is 510 g/mol. The van der Waals surface area contributed by atoms with E-state index in [0.717, 1.165) is 22.3 Å². The van der Waals surface area contributed by atoms with Gasteiger partial charge >= 0.3 is 0 Å². The number of carbonyl (C=O) groups excluding carboxylic acids is 1. The Bertz CT molecular complexity index is 1710. The Morgan fingerprint density at radius 2 is 1.73 bits per heavy atom. The largest absolute Gasteiger partial charge is 0.493 e. The average molecular weight is 532 g/mol. The van der Waals surface area contributed by atoms with E-state index < -0.39 is 10.0 Å². The Balaban J connectivity index is 1.39. The van der Waals surface area contributed by atoms with Crippen LogP contribution in [0.1, 0.15) is 5.69 Å². The Labute approximate surface area is 216 Å². The zero-order valence-corrected chi connectivity index (χ0v) is 20.9. The highest BCUT2D eigenvalue weighted by Gasteiger charge is 2.19. The minimum Gasteiger partial charge on any atom is -0.493 e.